The van der Waals surface area contributed by atoms with Crippen molar-refractivity contribution in [2.45, 2.75) is 4.90 Å². The Hall–Kier alpha value is -2.85. The highest BCUT2D eigenvalue weighted by atomic mass is 32.2. The molecule has 0 aliphatic carbocycles. The first-order valence-corrected chi connectivity index (χ1v) is 10.7. The third kappa shape index (κ3) is 4.82. The Labute approximate surface area is 174 Å². The summed E-state index contributed by atoms with van der Waals surface area (Å²) in [6, 6.07) is 9.94. The van der Waals surface area contributed by atoms with Crippen molar-refractivity contribution in [3.8, 4) is 17.2 Å². The zero-order valence-electron chi connectivity index (χ0n) is 16.7. The van der Waals surface area contributed by atoms with E-state index < -0.39 is 15.8 Å². The summed E-state index contributed by atoms with van der Waals surface area (Å²) in [5.41, 5.74) is 0. The molecule has 10 heteroatoms. The fraction of sp³-hybridized carbons (Fsp3) is 0.350. The van der Waals surface area contributed by atoms with Crippen LogP contribution in [0.5, 0.6) is 17.2 Å². The fourth-order valence-corrected chi connectivity index (χ4v) is 4.54. The molecule has 0 spiro atoms. The van der Waals surface area contributed by atoms with E-state index in [1.54, 1.807) is 6.07 Å². The van der Waals surface area contributed by atoms with Crippen LogP contribution in [0.2, 0.25) is 0 Å². The molecule has 2 aromatic rings. The number of amides is 1. The first-order chi connectivity index (χ1) is 14.3. The van der Waals surface area contributed by atoms with Gasteiger partial charge in [-0.05, 0) is 24.3 Å². The van der Waals surface area contributed by atoms with Crippen LogP contribution in [0.25, 0.3) is 0 Å². The van der Waals surface area contributed by atoms with E-state index in [1.165, 1.54) is 59.8 Å². The van der Waals surface area contributed by atoms with Crippen molar-refractivity contribution in [3.05, 3.63) is 48.3 Å². The van der Waals surface area contributed by atoms with E-state index in [4.69, 9.17) is 14.2 Å². The monoisotopic (exact) mass is 438 g/mol. The molecule has 0 N–H and O–H groups in total. The van der Waals surface area contributed by atoms with Gasteiger partial charge < -0.3 is 19.1 Å². The number of benzene rings is 2. The van der Waals surface area contributed by atoms with Crippen LogP contribution in [-0.4, -0.2) is 70.5 Å². The van der Waals surface area contributed by atoms with Gasteiger partial charge in [-0.3, -0.25) is 4.79 Å². The Bertz CT molecular complexity index is 1010. The molecule has 0 atom stereocenters. The lowest BCUT2D eigenvalue weighted by Crippen LogP contribution is -2.51. The molecule has 0 unspecified atom stereocenters. The van der Waals surface area contributed by atoms with Gasteiger partial charge in [-0.2, -0.15) is 4.31 Å². The second-order valence-corrected chi connectivity index (χ2v) is 8.49. The van der Waals surface area contributed by atoms with Crippen molar-refractivity contribution in [2.75, 3.05) is 47.0 Å². The van der Waals surface area contributed by atoms with Crippen molar-refractivity contribution in [2.24, 2.45) is 0 Å². The molecule has 1 aliphatic heterocycles. The number of hydrogen-bond acceptors (Lipinski definition) is 6. The maximum Gasteiger partial charge on any atom is 0.260 e. The molecule has 0 radical (unpaired) electrons. The summed E-state index contributed by atoms with van der Waals surface area (Å²) in [4.78, 5) is 14.0. The van der Waals surface area contributed by atoms with E-state index in [9.17, 15) is 17.6 Å². The molecule has 2 aromatic carbocycles. The highest BCUT2D eigenvalue weighted by Gasteiger charge is 2.30. The molecule has 1 saturated heterocycles. The van der Waals surface area contributed by atoms with E-state index in [-0.39, 0.29) is 49.3 Å². The van der Waals surface area contributed by atoms with Crippen molar-refractivity contribution < 1.29 is 31.8 Å². The SMILES string of the molecule is COc1ccc(S(=O)(=O)N2CCN(C(=O)COc3cccc(F)c3)CC2)cc1OC. The lowest BCUT2D eigenvalue weighted by atomic mass is 10.3. The normalized spacial score (nSPS) is 15.0. The standard InChI is InChI=1S/C20H23FN2O6S/c1-27-18-7-6-17(13-19(18)28-2)30(25,26)23-10-8-22(9-11-23)20(24)14-29-16-5-3-4-15(21)12-16/h3-7,12-13H,8-11,14H2,1-2H3. The van der Waals surface area contributed by atoms with E-state index in [1.807, 2.05) is 0 Å². The van der Waals surface area contributed by atoms with Crippen LogP contribution in [0.4, 0.5) is 4.39 Å². The molecular weight excluding hydrogens is 415 g/mol. The molecule has 162 valence electrons. The topological polar surface area (TPSA) is 85.4 Å². The maximum absolute atomic E-state index is 13.2. The zero-order valence-corrected chi connectivity index (χ0v) is 17.5. The van der Waals surface area contributed by atoms with Gasteiger partial charge in [-0.1, -0.05) is 6.07 Å². The van der Waals surface area contributed by atoms with Crippen LogP contribution in [0.15, 0.2) is 47.4 Å². The van der Waals surface area contributed by atoms with Crippen LogP contribution in [0, 0.1) is 5.82 Å². The highest BCUT2D eigenvalue weighted by Crippen LogP contribution is 2.30. The van der Waals surface area contributed by atoms with Crippen LogP contribution >= 0.6 is 0 Å². The maximum atomic E-state index is 13.2. The number of nitrogens with zero attached hydrogens (tertiary/aromatic N) is 2. The molecule has 1 aliphatic rings. The summed E-state index contributed by atoms with van der Waals surface area (Å²) in [5.74, 6) is 0.279. The van der Waals surface area contributed by atoms with Gasteiger partial charge in [0.1, 0.15) is 11.6 Å². The molecule has 1 amide bonds. The molecule has 8 nitrogen and oxygen atoms in total. The number of piperazine rings is 1. The average molecular weight is 438 g/mol. The zero-order chi connectivity index (χ0) is 21.7. The second kappa shape index (κ2) is 9.31. The van der Waals surface area contributed by atoms with Gasteiger partial charge in [0, 0.05) is 38.3 Å². The molecule has 1 fully saturated rings. The lowest BCUT2D eigenvalue weighted by molar-refractivity contribution is -0.134. The summed E-state index contributed by atoms with van der Waals surface area (Å²) in [6.07, 6.45) is 0. The minimum Gasteiger partial charge on any atom is -0.493 e. The van der Waals surface area contributed by atoms with E-state index in [0.717, 1.165) is 0 Å². The molecular formula is C20H23FN2O6S. The third-order valence-corrected chi connectivity index (χ3v) is 6.64. The van der Waals surface area contributed by atoms with Crippen molar-refractivity contribution in [3.63, 3.8) is 0 Å². The van der Waals surface area contributed by atoms with Crippen LogP contribution in [-0.2, 0) is 14.8 Å². The Morgan fingerprint density at radius 3 is 2.33 bits per heavy atom. The molecule has 0 bridgehead atoms. The quantitative estimate of drug-likeness (QED) is 0.655. The minimum absolute atomic E-state index is 0.0920. The predicted molar refractivity (Wildman–Crippen MR) is 107 cm³/mol. The number of rotatable bonds is 7. The first kappa shape index (κ1) is 21.8. The van der Waals surface area contributed by atoms with Gasteiger partial charge in [0.05, 0.1) is 19.1 Å². The van der Waals surface area contributed by atoms with Crippen LogP contribution in [0.3, 0.4) is 0 Å². The van der Waals surface area contributed by atoms with E-state index in [0.29, 0.717) is 11.5 Å². The summed E-state index contributed by atoms with van der Waals surface area (Å²) in [6.45, 7) is 0.534. The van der Waals surface area contributed by atoms with Gasteiger partial charge in [0.2, 0.25) is 10.0 Å². The van der Waals surface area contributed by atoms with Crippen LogP contribution in [0.1, 0.15) is 0 Å². The third-order valence-electron chi connectivity index (χ3n) is 4.74. The summed E-state index contributed by atoms with van der Waals surface area (Å²) in [7, 11) is -0.834. The van der Waals surface area contributed by atoms with E-state index >= 15 is 0 Å². The second-order valence-electron chi connectivity index (χ2n) is 6.55. The smallest absolute Gasteiger partial charge is 0.260 e. The van der Waals surface area contributed by atoms with E-state index in [2.05, 4.69) is 0 Å². The van der Waals surface area contributed by atoms with Crippen molar-refractivity contribution >= 4 is 15.9 Å². The predicted octanol–water partition coefficient (Wildman–Crippen LogP) is 1.75. The number of carbonyl (C=O) groups excluding carboxylic acids is 1. The number of methoxy groups -OCH3 is 2. The number of sulfonamides is 1. The van der Waals surface area contributed by atoms with Gasteiger partial charge in [-0.15, -0.1) is 0 Å². The summed E-state index contributed by atoms with van der Waals surface area (Å²) in [5, 5.41) is 0. The highest BCUT2D eigenvalue weighted by molar-refractivity contribution is 7.89. The van der Waals surface area contributed by atoms with Gasteiger partial charge in [0.15, 0.2) is 18.1 Å². The molecule has 0 saturated carbocycles. The molecule has 3 rings (SSSR count). The van der Waals surface area contributed by atoms with Crippen molar-refractivity contribution in [1.82, 2.24) is 9.21 Å². The number of carbonyl (C=O) groups is 1. The Kier molecular flexibility index (Phi) is 6.78. The summed E-state index contributed by atoms with van der Waals surface area (Å²) >= 11 is 0. The Morgan fingerprint density at radius 1 is 1.00 bits per heavy atom. The first-order valence-electron chi connectivity index (χ1n) is 9.23. The number of ether oxygens (including phenoxy) is 3. The average Bonchev–Trinajstić information content (AvgIpc) is 2.77. The van der Waals surface area contributed by atoms with Gasteiger partial charge in [-0.25, -0.2) is 12.8 Å². The van der Waals surface area contributed by atoms with Crippen molar-refractivity contribution in [1.29, 1.82) is 0 Å². The lowest BCUT2D eigenvalue weighted by Gasteiger charge is -2.34. The van der Waals surface area contributed by atoms with Gasteiger partial charge in [0.25, 0.3) is 5.91 Å². The molecule has 0 aromatic heterocycles. The Morgan fingerprint density at radius 2 is 1.70 bits per heavy atom. The summed E-state index contributed by atoms with van der Waals surface area (Å²) < 4.78 is 56.0. The number of hydrogen-bond donors (Lipinski definition) is 0. The molecule has 1 heterocycles. The minimum atomic E-state index is -3.74. The number of halogens is 1. The Balaban J connectivity index is 1.59. The largest absolute Gasteiger partial charge is 0.493 e. The van der Waals surface area contributed by atoms with Crippen LogP contribution < -0.4 is 14.2 Å². The molecule has 30 heavy (non-hydrogen) atoms. The fourth-order valence-electron chi connectivity index (χ4n) is 3.10. The van der Waals surface area contributed by atoms with Gasteiger partial charge >= 0.3 is 0 Å².